The first kappa shape index (κ1) is 20.9. The molecule has 162 valence electrons. The van der Waals surface area contributed by atoms with Gasteiger partial charge in [0, 0.05) is 26.8 Å². The third-order valence-corrected chi connectivity index (χ3v) is 5.08. The molecule has 4 rings (SSSR count). The van der Waals surface area contributed by atoms with Crippen molar-refractivity contribution in [1.29, 1.82) is 0 Å². The maximum Gasteiger partial charge on any atom is 0.353 e. The van der Waals surface area contributed by atoms with Gasteiger partial charge in [0.05, 0.1) is 22.5 Å². The van der Waals surface area contributed by atoms with Gasteiger partial charge >= 0.3 is 11.7 Å². The Morgan fingerprint density at radius 1 is 1.03 bits per heavy atom. The van der Waals surface area contributed by atoms with E-state index in [0.29, 0.717) is 26.8 Å². The minimum Gasteiger partial charge on any atom is -0.480 e. The number of aliphatic carboxylic acids is 1. The molecule has 0 atom stereocenters. The van der Waals surface area contributed by atoms with Crippen molar-refractivity contribution in [3.63, 3.8) is 0 Å². The van der Waals surface area contributed by atoms with Crippen LogP contribution >= 0.6 is 0 Å². The van der Waals surface area contributed by atoms with Gasteiger partial charge in [-0.2, -0.15) is 15.2 Å². The van der Waals surface area contributed by atoms with E-state index in [4.69, 9.17) is 5.11 Å². The number of benzene rings is 2. The van der Waals surface area contributed by atoms with Gasteiger partial charge in [0.25, 0.3) is 5.56 Å². The standard InChI is InChI=1S/C22H20N6O4/c1-26(2)16-8-6-14(7-9-16)24-25-15-5-4-13-10-17-20(27(3)18(13)11-15)23-22(32)28(21(17)31)12-19(29)30/h4-11H,12H2,1-3H3,(H,29,30). The Morgan fingerprint density at radius 3 is 2.34 bits per heavy atom. The molecule has 2 aromatic carbocycles. The second kappa shape index (κ2) is 8.06. The number of hydrogen-bond acceptors (Lipinski definition) is 7. The van der Waals surface area contributed by atoms with Gasteiger partial charge in [0.1, 0.15) is 6.54 Å². The lowest BCUT2D eigenvalue weighted by Crippen LogP contribution is -2.39. The molecule has 0 saturated carbocycles. The number of carboxylic acids is 1. The van der Waals surface area contributed by atoms with Crippen LogP contribution in [-0.2, 0) is 18.4 Å². The number of fused-ring (bicyclic) bond motifs is 2. The summed E-state index contributed by atoms with van der Waals surface area (Å²) >= 11 is 0. The molecule has 0 radical (unpaired) electrons. The molecule has 0 fully saturated rings. The minimum absolute atomic E-state index is 0.163. The van der Waals surface area contributed by atoms with Gasteiger partial charge in [-0.15, -0.1) is 0 Å². The van der Waals surface area contributed by atoms with Gasteiger partial charge < -0.3 is 14.6 Å². The average Bonchev–Trinajstić information content (AvgIpc) is 2.76. The molecule has 1 N–H and O–H groups in total. The van der Waals surface area contributed by atoms with Crippen LogP contribution in [0.5, 0.6) is 0 Å². The fourth-order valence-electron chi connectivity index (χ4n) is 3.41. The number of rotatable bonds is 5. The molecule has 0 saturated heterocycles. The maximum atomic E-state index is 12.7. The molecule has 2 aliphatic heterocycles. The number of carboxylic acid groups (broad SMARTS) is 1. The van der Waals surface area contributed by atoms with Crippen molar-refractivity contribution in [1.82, 2.24) is 14.1 Å². The fourth-order valence-corrected chi connectivity index (χ4v) is 3.41. The summed E-state index contributed by atoms with van der Waals surface area (Å²) in [5.74, 6) is -1.12. The summed E-state index contributed by atoms with van der Waals surface area (Å²) < 4.78 is 2.23. The zero-order valence-electron chi connectivity index (χ0n) is 17.7. The second-order valence-corrected chi connectivity index (χ2v) is 7.47. The molecule has 32 heavy (non-hydrogen) atoms. The minimum atomic E-state index is -1.29. The summed E-state index contributed by atoms with van der Waals surface area (Å²) in [6.07, 6.45) is 0. The van der Waals surface area contributed by atoms with Crippen LogP contribution < -0.4 is 16.1 Å². The van der Waals surface area contributed by atoms with Gasteiger partial charge in [0.2, 0.25) is 0 Å². The van der Waals surface area contributed by atoms with Crippen LogP contribution in [-0.4, -0.2) is 39.3 Å². The Morgan fingerprint density at radius 2 is 1.69 bits per heavy atom. The lowest BCUT2D eigenvalue weighted by Gasteiger charge is -2.15. The SMILES string of the molecule is CN(C)c1ccc(N=Nc2ccc3cc4c(=O)n(CC(=O)O)c(=O)nc-4n(C)c3c2)cc1. The second-order valence-electron chi connectivity index (χ2n) is 7.47. The Balaban J connectivity index is 1.77. The molecule has 0 unspecified atom stereocenters. The van der Waals surface area contributed by atoms with Crippen LogP contribution in [0.2, 0.25) is 0 Å². The number of aromatic nitrogens is 3. The molecule has 2 aromatic rings. The number of hydrogen-bond donors (Lipinski definition) is 1. The van der Waals surface area contributed by atoms with Crippen LogP contribution in [0, 0.1) is 0 Å². The summed E-state index contributed by atoms with van der Waals surface area (Å²) in [4.78, 5) is 41.8. The highest BCUT2D eigenvalue weighted by Gasteiger charge is 2.19. The average molecular weight is 432 g/mol. The summed E-state index contributed by atoms with van der Waals surface area (Å²) in [6.45, 7) is -0.739. The molecule has 0 aliphatic carbocycles. The molecule has 2 aliphatic rings. The normalized spacial score (nSPS) is 11.5. The first-order valence-electron chi connectivity index (χ1n) is 9.70. The van der Waals surface area contributed by atoms with Crippen molar-refractivity contribution in [3.8, 4) is 11.4 Å². The molecular weight excluding hydrogens is 412 g/mol. The van der Waals surface area contributed by atoms with Crippen molar-refractivity contribution in [2.24, 2.45) is 17.3 Å². The predicted octanol–water partition coefficient (Wildman–Crippen LogP) is 2.77. The largest absolute Gasteiger partial charge is 0.480 e. The molecule has 0 bridgehead atoms. The van der Waals surface area contributed by atoms with E-state index in [9.17, 15) is 14.4 Å². The first-order valence-corrected chi connectivity index (χ1v) is 9.70. The Hall–Kier alpha value is -4.34. The van der Waals surface area contributed by atoms with E-state index < -0.39 is 23.8 Å². The predicted molar refractivity (Wildman–Crippen MR) is 120 cm³/mol. The quantitative estimate of drug-likeness (QED) is 0.382. The van der Waals surface area contributed by atoms with Crippen molar-refractivity contribution in [2.45, 2.75) is 6.54 Å². The van der Waals surface area contributed by atoms with Crippen LogP contribution in [0.25, 0.3) is 22.3 Å². The number of anilines is 1. The first-order chi connectivity index (χ1) is 15.2. The van der Waals surface area contributed by atoms with Crippen molar-refractivity contribution >= 4 is 33.9 Å². The third-order valence-electron chi connectivity index (χ3n) is 5.08. The van der Waals surface area contributed by atoms with Crippen molar-refractivity contribution in [2.75, 3.05) is 19.0 Å². The summed E-state index contributed by atoms with van der Waals surface area (Å²) in [5.41, 5.74) is 1.61. The molecule has 2 heterocycles. The summed E-state index contributed by atoms with van der Waals surface area (Å²) in [5, 5.41) is 18.2. The highest BCUT2D eigenvalue weighted by molar-refractivity contribution is 5.87. The number of carbonyl (C=O) groups is 1. The molecule has 0 spiro atoms. The van der Waals surface area contributed by atoms with Crippen LogP contribution in [0.15, 0.2) is 68.3 Å². The zero-order chi connectivity index (χ0) is 23.0. The summed E-state index contributed by atoms with van der Waals surface area (Å²) in [7, 11) is 5.60. The number of nitrogens with zero attached hydrogens (tertiary/aromatic N) is 6. The van der Waals surface area contributed by atoms with Crippen LogP contribution in [0.1, 0.15) is 0 Å². The number of pyridine rings is 1. The molecular formula is C22H20N6O4. The Kier molecular flexibility index (Phi) is 5.27. The number of azo groups is 1. The summed E-state index contributed by atoms with van der Waals surface area (Å²) in [6, 6.07) is 14.6. The van der Waals surface area contributed by atoms with E-state index in [2.05, 4.69) is 15.2 Å². The number of aryl methyl sites for hydroxylation is 1. The molecule has 10 nitrogen and oxygen atoms in total. The van der Waals surface area contributed by atoms with Gasteiger partial charge in [-0.3, -0.25) is 9.59 Å². The van der Waals surface area contributed by atoms with Crippen LogP contribution in [0.4, 0.5) is 17.1 Å². The zero-order valence-corrected chi connectivity index (χ0v) is 17.7. The highest BCUT2D eigenvalue weighted by Crippen LogP contribution is 2.28. The van der Waals surface area contributed by atoms with E-state index in [1.54, 1.807) is 35.9 Å². The van der Waals surface area contributed by atoms with E-state index >= 15 is 0 Å². The highest BCUT2D eigenvalue weighted by atomic mass is 16.4. The van der Waals surface area contributed by atoms with E-state index in [-0.39, 0.29) is 11.4 Å². The van der Waals surface area contributed by atoms with Crippen LogP contribution in [0.3, 0.4) is 0 Å². The Labute approximate surface area is 182 Å². The van der Waals surface area contributed by atoms with Crippen molar-refractivity contribution < 1.29 is 9.90 Å². The van der Waals surface area contributed by atoms with Crippen molar-refractivity contribution in [3.05, 3.63) is 69.4 Å². The smallest absolute Gasteiger partial charge is 0.353 e. The van der Waals surface area contributed by atoms with E-state index in [0.717, 1.165) is 5.69 Å². The van der Waals surface area contributed by atoms with E-state index in [1.807, 2.05) is 43.3 Å². The maximum absolute atomic E-state index is 12.7. The topological polar surface area (TPSA) is 122 Å². The Bertz CT molecular complexity index is 1450. The van der Waals surface area contributed by atoms with Gasteiger partial charge in [0.15, 0.2) is 5.82 Å². The molecule has 0 aromatic heterocycles. The monoisotopic (exact) mass is 432 g/mol. The lowest BCUT2D eigenvalue weighted by molar-refractivity contribution is -0.137. The molecule has 10 heteroatoms. The van der Waals surface area contributed by atoms with E-state index in [1.165, 1.54) is 0 Å². The van der Waals surface area contributed by atoms with Gasteiger partial charge in [-0.1, -0.05) is 6.07 Å². The molecule has 0 amide bonds. The van der Waals surface area contributed by atoms with Gasteiger partial charge in [-0.25, -0.2) is 9.36 Å². The fraction of sp³-hybridized carbons (Fsp3) is 0.182. The lowest BCUT2D eigenvalue weighted by atomic mass is 10.1. The third kappa shape index (κ3) is 3.85. The van der Waals surface area contributed by atoms with Gasteiger partial charge in [-0.05, 0) is 47.9 Å².